The third kappa shape index (κ3) is 4.95. The van der Waals surface area contributed by atoms with Crippen LogP contribution in [0.3, 0.4) is 0 Å². The second-order valence-corrected chi connectivity index (χ2v) is 5.39. The van der Waals surface area contributed by atoms with E-state index in [1.54, 1.807) is 6.07 Å². The molecule has 0 atom stereocenters. The van der Waals surface area contributed by atoms with E-state index in [4.69, 9.17) is 9.47 Å². The lowest BCUT2D eigenvalue weighted by Crippen LogP contribution is -2.30. The van der Waals surface area contributed by atoms with Crippen LogP contribution in [-0.2, 0) is 6.42 Å². The largest absolute Gasteiger partial charge is 0.573 e. The Kier molecular flexibility index (Phi) is 5.06. The van der Waals surface area contributed by atoms with Crippen molar-refractivity contribution in [1.82, 2.24) is 5.32 Å². The summed E-state index contributed by atoms with van der Waals surface area (Å²) in [6, 6.07) is 10.0. The Morgan fingerprint density at radius 3 is 2.73 bits per heavy atom. The van der Waals surface area contributed by atoms with Crippen molar-refractivity contribution in [3.63, 3.8) is 0 Å². The summed E-state index contributed by atoms with van der Waals surface area (Å²) >= 11 is 0. The standard InChI is InChI=1S/C17H15F3N2O4/c18-17(19,20)26-13-3-1-2-12(9-13)22-16(23)21-7-6-11-4-5-14-15(8-11)25-10-24-14/h1-5,8-9H,6-7,10H2,(H2,21,22,23). The Morgan fingerprint density at radius 2 is 1.92 bits per heavy atom. The summed E-state index contributed by atoms with van der Waals surface area (Å²) < 4.78 is 50.9. The third-order valence-corrected chi connectivity index (χ3v) is 3.46. The van der Waals surface area contributed by atoms with E-state index in [-0.39, 0.29) is 12.5 Å². The van der Waals surface area contributed by atoms with Gasteiger partial charge in [-0.1, -0.05) is 12.1 Å². The number of carbonyl (C=O) groups is 1. The van der Waals surface area contributed by atoms with Gasteiger partial charge in [0.2, 0.25) is 6.79 Å². The number of rotatable bonds is 5. The molecule has 0 saturated heterocycles. The molecule has 2 N–H and O–H groups in total. The summed E-state index contributed by atoms with van der Waals surface area (Å²) in [6.07, 6.45) is -4.23. The van der Waals surface area contributed by atoms with Crippen LogP contribution < -0.4 is 24.8 Å². The zero-order valence-corrected chi connectivity index (χ0v) is 13.4. The predicted octanol–water partition coefficient (Wildman–Crippen LogP) is 3.68. The molecule has 1 aliphatic heterocycles. The monoisotopic (exact) mass is 368 g/mol. The summed E-state index contributed by atoms with van der Waals surface area (Å²) in [6.45, 7) is 0.529. The smallest absolute Gasteiger partial charge is 0.454 e. The highest BCUT2D eigenvalue weighted by Gasteiger charge is 2.31. The number of amides is 2. The fraction of sp³-hybridized carbons (Fsp3) is 0.235. The number of nitrogens with one attached hydrogen (secondary N) is 2. The Labute approximate surface area is 146 Å². The van der Waals surface area contributed by atoms with Crippen LogP contribution in [0.2, 0.25) is 0 Å². The molecule has 0 fully saturated rings. The molecule has 9 heteroatoms. The van der Waals surface area contributed by atoms with Gasteiger partial charge in [0.25, 0.3) is 0 Å². The molecule has 2 aromatic carbocycles. The molecule has 138 valence electrons. The molecule has 0 saturated carbocycles. The number of hydrogen-bond acceptors (Lipinski definition) is 4. The van der Waals surface area contributed by atoms with Crippen molar-refractivity contribution in [2.45, 2.75) is 12.8 Å². The van der Waals surface area contributed by atoms with Crippen molar-refractivity contribution in [3.05, 3.63) is 48.0 Å². The summed E-state index contributed by atoms with van der Waals surface area (Å²) in [5, 5.41) is 5.08. The van der Waals surface area contributed by atoms with E-state index in [0.717, 1.165) is 17.7 Å². The first kappa shape index (κ1) is 17.7. The van der Waals surface area contributed by atoms with Gasteiger partial charge in [0.05, 0.1) is 0 Å². The molecule has 0 radical (unpaired) electrons. The number of fused-ring (bicyclic) bond motifs is 1. The first-order valence-corrected chi connectivity index (χ1v) is 7.68. The van der Waals surface area contributed by atoms with Gasteiger partial charge in [-0.3, -0.25) is 0 Å². The molecule has 26 heavy (non-hydrogen) atoms. The molecule has 0 spiro atoms. The van der Waals surface area contributed by atoms with Crippen LogP contribution in [0.5, 0.6) is 17.2 Å². The number of urea groups is 1. The van der Waals surface area contributed by atoms with Crippen LogP contribution >= 0.6 is 0 Å². The highest BCUT2D eigenvalue weighted by Crippen LogP contribution is 2.32. The second kappa shape index (κ2) is 7.42. The molecule has 6 nitrogen and oxygen atoms in total. The highest BCUT2D eigenvalue weighted by molar-refractivity contribution is 5.89. The zero-order chi connectivity index (χ0) is 18.6. The number of alkyl halides is 3. The molecule has 0 aromatic heterocycles. The van der Waals surface area contributed by atoms with E-state index in [0.29, 0.717) is 24.5 Å². The minimum Gasteiger partial charge on any atom is -0.454 e. The first-order valence-electron chi connectivity index (χ1n) is 7.68. The Hall–Kier alpha value is -3.10. The van der Waals surface area contributed by atoms with Crippen molar-refractivity contribution < 1.29 is 32.2 Å². The minimum atomic E-state index is -4.79. The van der Waals surface area contributed by atoms with E-state index in [9.17, 15) is 18.0 Å². The molecule has 0 bridgehead atoms. The Bertz CT molecular complexity index is 796. The Morgan fingerprint density at radius 1 is 1.12 bits per heavy atom. The maximum atomic E-state index is 12.2. The Balaban J connectivity index is 1.48. The average Bonchev–Trinajstić information content (AvgIpc) is 3.01. The molecule has 0 aliphatic carbocycles. The van der Waals surface area contributed by atoms with Gasteiger partial charge in [-0.15, -0.1) is 13.2 Å². The number of anilines is 1. The molecule has 2 aromatic rings. The number of benzene rings is 2. The summed E-state index contributed by atoms with van der Waals surface area (Å²) in [7, 11) is 0. The minimum absolute atomic E-state index is 0.187. The van der Waals surface area contributed by atoms with Crippen LogP contribution in [0, 0.1) is 0 Å². The molecule has 1 heterocycles. The van der Waals surface area contributed by atoms with Gasteiger partial charge in [0.15, 0.2) is 11.5 Å². The summed E-state index contributed by atoms with van der Waals surface area (Å²) in [5.74, 6) is 0.935. The highest BCUT2D eigenvalue weighted by atomic mass is 19.4. The van der Waals surface area contributed by atoms with Gasteiger partial charge >= 0.3 is 12.4 Å². The van der Waals surface area contributed by atoms with Gasteiger partial charge in [0, 0.05) is 18.3 Å². The van der Waals surface area contributed by atoms with Crippen LogP contribution in [0.4, 0.5) is 23.7 Å². The SMILES string of the molecule is O=C(NCCc1ccc2c(c1)OCO2)Nc1cccc(OC(F)(F)F)c1. The number of ether oxygens (including phenoxy) is 3. The lowest BCUT2D eigenvalue weighted by molar-refractivity contribution is -0.274. The van der Waals surface area contributed by atoms with E-state index in [1.807, 2.05) is 12.1 Å². The van der Waals surface area contributed by atoms with Gasteiger partial charge in [0.1, 0.15) is 5.75 Å². The van der Waals surface area contributed by atoms with E-state index in [2.05, 4.69) is 15.4 Å². The van der Waals surface area contributed by atoms with Crippen molar-refractivity contribution in [2.75, 3.05) is 18.7 Å². The molecule has 3 rings (SSSR count). The van der Waals surface area contributed by atoms with Crippen molar-refractivity contribution >= 4 is 11.7 Å². The van der Waals surface area contributed by atoms with Crippen LogP contribution in [-0.4, -0.2) is 25.7 Å². The molecule has 2 amide bonds. The van der Waals surface area contributed by atoms with Gasteiger partial charge < -0.3 is 24.8 Å². The van der Waals surface area contributed by atoms with Crippen molar-refractivity contribution in [1.29, 1.82) is 0 Å². The van der Waals surface area contributed by atoms with E-state index < -0.39 is 18.1 Å². The molecule has 0 unspecified atom stereocenters. The van der Waals surface area contributed by atoms with Gasteiger partial charge in [-0.25, -0.2) is 4.79 Å². The number of halogens is 3. The molecular formula is C17H15F3N2O4. The first-order chi connectivity index (χ1) is 12.4. The fourth-order valence-corrected chi connectivity index (χ4v) is 2.36. The van der Waals surface area contributed by atoms with Crippen LogP contribution in [0.15, 0.2) is 42.5 Å². The van der Waals surface area contributed by atoms with Crippen LogP contribution in [0.1, 0.15) is 5.56 Å². The molecular weight excluding hydrogens is 353 g/mol. The topological polar surface area (TPSA) is 68.8 Å². The number of hydrogen-bond donors (Lipinski definition) is 2. The normalized spacial score (nSPS) is 12.6. The fourth-order valence-electron chi connectivity index (χ4n) is 2.36. The lowest BCUT2D eigenvalue weighted by Gasteiger charge is -2.11. The molecule has 1 aliphatic rings. The van der Waals surface area contributed by atoms with Crippen molar-refractivity contribution in [3.8, 4) is 17.2 Å². The van der Waals surface area contributed by atoms with Crippen molar-refractivity contribution in [2.24, 2.45) is 0 Å². The quantitative estimate of drug-likeness (QED) is 0.845. The second-order valence-electron chi connectivity index (χ2n) is 5.39. The van der Waals surface area contributed by atoms with E-state index >= 15 is 0 Å². The summed E-state index contributed by atoms with van der Waals surface area (Å²) in [5.41, 5.74) is 1.14. The number of carbonyl (C=O) groups excluding carboxylic acids is 1. The maximum absolute atomic E-state index is 12.2. The van der Waals surface area contributed by atoms with Gasteiger partial charge in [-0.2, -0.15) is 0 Å². The van der Waals surface area contributed by atoms with E-state index in [1.165, 1.54) is 12.1 Å². The third-order valence-electron chi connectivity index (χ3n) is 3.46. The summed E-state index contributed by atoms with van der Waals surface area (Å²) in [4.78, 5) is 11.9. The van der Waals surface area contributed by atoms with Gasteiger partial charge in [-0.05, 0) is 36.2 Å². The zero-order valence-electron chi connectivity index (χ0n) is 13.4. The predicted molar refractivity (Wildman–Crippen MR) is 86.4 cm³/mol. The van der Waals surface area contributed by atoms with Crippen LogP contribution in [0.25, 0.3) is 0 Å². The lowest BCUT2D eigenvalue weighted by atomic mass is 10.1. The average molecular weight is 368 g/mol. The maximum Gasteiger partial charge on any atom is 0.573 e.